The lowest BCUT2D eigenvalue weighted by atomic mass is 10.1. The number of aliphatic carboxylic acids is 1. The summed E-state index contributed by atoms with van der Waals surface area (Å²) in [6.07, 6.45) is 5.11. The van der Waals surface area contributed by atoms with E-state index in [9.17, 15) is 9.59 Å². The molecular formula is C14H16N2O3. The van der Waals surface area contributed by atoms with Crippen LogP contribution in [0.4, 0.5) is 4.79 Å². The molecule has 100 valence electrons. The minimum atomic E-state index is -1.10. The van der Waals surface area contributed by atoms with Gasteiger partial charge in [0.15, 0.2) is 0 Å². The Morgan fingerprint density at radius 1 is 1.47 bits per heavy atom. The summed E-state index contributed by atoms with van der Waals surface area (Å²) in [5.74, 6) is 1.17. The number of hydrogen-bond donors (Lipinski definition) is 2. The van der Waals surface area contributed by atoms with Crippen molar-refractivity contribution in [2.24, 2.45) is 0 Å². The molecule has 1 aromatic rings. The molecule has 0 unspecified atom stereocenters. The second-order valence-electron chi connectivity index (χ2n) is 4.10. The molecule has 0 atom stereocenters. The Bertz CT molecular complexity index is 506. The molecule has 0 aliphatic rings. The molecule has 0 aliphatic carbocycles. The fourth-order valence-corrected chi connectivity index (χ4v) is 1.58. The van der Waals surface area contributed by atoms with Gasteiger partial charge < -0.3 is 15.3 Å². The summed E-state index contributed by atoms with van der Waals surface area (Å²) in [4.78, 5) is 23.5. The molecule has 1 aromatic carbocycles. The standard InChI is InChI=1S/C14H16N2O3/c1-3-7-16(10-13(17)18)14(19)15-9-12-6-4-5-11(2)8-12/h1,4-6,8H,7,9-10H2,2H3,(H,15,19)(H,17,18). The molecule has 0 bridgehead atoms. The first-order valence-electron chi connectivity index (χ1n) is 5.76. The summed E-state index contributed by atoms with van der Waals surface area (Å²) >= 11 is 0. The lowest BCUT2D eigenvalue weighted by Crippen LogP contribution is -2.42. The molecule has 0 fully saturated rings. The molecule has 0 aromatic heterocycles. The molecule has 0 heterocycles. The maximum atomic E-state index is 11.8. The van der Waals surface area contributed by atoms with E-state index in [0.717, 1.165) is 16.0 Å². The van der Waals surface area contributed by atoms with Crippen molar-refractivity contribution >= 4 is 12.0 Å². The van der Waals surface area contributed by atoms with Crippen molar-refractivity contribution in [1.82, 2.24) is 10.2 Å². The van der Waals surface area contributed by atoms with Crippen LogP contribution in [-0.4, -0.2) is 35.1 Å². The number of hydrogen-bond acceptors (Lipinski definition) is 2. The molecule has 19 heavy (non-hydrogen) atoms. The van der Waals surface area contributed by atoms with Crippen LogP contribution < -0.4 is 5.32 Å². The zero-order valence-electron chi connectivity index (χ0n) is 10.7. The topological polar surface area (TPSA) is 69.6 Å². The number of rotatable bonds is 5. The van der Waals surface area contributed by atoms with E-state index in [1.54, 1.807) is 0 Å². The van der Waals surface area contributed by atoms with Crippen LogP contribution in [0.5, 0.6) is 0 Å². The number of terminal acetylenes is 1. The van der Waals surface area contributed by atoms with Gasteiger partial charge in [-0.15, -0.1) is 6.42 Å². The van der Waals surface area contributed by atoms with Crippen LogP contribution in [0.15, 0.2) is 24.3 Å². The van der Waals surface area contributed by atoms with Gasteiger partial charge in [0.25, 0.3) is 0 Å². The van der Waals surface area contributed by atoms with Gasteiger partial charge >= 0.3 is 12.0 Å². The Morgan fingerprint density at radius 3 is 2.79 bits per heavy atom. The summed E-state index contributed by atoms with van der Waals surface area (Å²) in [6.45, 7) is 1.84. The van der Waals surface area contributed by atoms with Gasteiger partial charge in [-0.1, -0.05) is 35.7 Å². The number of benzene rings is 1. The Labute approximate surface area is 112 Å². The molecule has 2 amide bonds. The van der Waals surface area contributed by atoms with Crippen molar-refractivity contribution in [1.29, 1.82) is 0 Å². The van der Waals surface area contributed by atoms with Crippen molar-refractivity contribution in [3.63, 3.8) is 0 Å². The van der Waals surface area contributed by atoms with Crippen molar-refractivity contribution in [3.05, 3.63) is 35.4 Å². The fourth-order valence-electron chi connectivity index (χ4n) is 1.58. The van der Waals surface area contributed by atoms with Crippen LogP contribution in [0.25, 0.3) is 0 Å². The highest BCUT2D eigenvalue weighted by atomic mass is 16.4. The Hall–Kier alpha value is -2.48. The molecule has 5 nitrogen and oxygen atoms in total. The molecule has 0 saturated heterocycles. The summed E-state index contributed by atoms with van der Waals surface area (Å²) < 4.78 is 0. The molecule has 0 radical (unpaired) electrons. The van der Waals surface area contributed by atoms with Crippen LogP contribution in [0, 0.1) is 19.3 Å². The highest BCUT2D eigenvalue weighted by Crippen LogP contribution is 2.03. The number of carboxylic acid groups (broad SMARTS) is 1. The van der Waals surface area contributed by atoms with Gasteiger partial charge in [-0.3, -0.25) is 4.79 Å². The smallest absolute Gasteiger partial charge is 0.323 e. The van der Waals surface area contributed by atoms with Crippen molar-refractivity contribution < 1.29 is 14.7 Å². The van der Waals surface area contributed by atoms with E-state index in [1.165, 1.54) is 0 Å². The van der Waals surface area contributed by atoms with Gasteiger partial charge in [-0.05, 0) is 12.5 Å². The third-order valence-corrected chi connectivity index (χ3v) is 2.42. The summed E-state index contributed by atoms with van der Waals surface area (Å²) in [5.41, 5.74) is 2.04. The highest BCUT2D eigenvalue weighted by Gasteiger charge is 2.15. The lowest BCUT2D eigenvalue weighted by molar-refractivity contribution is -0.137. The molecule has 0 saturated carbocycles. The number of aryl methyl sites for hydroxylation is 1. The van der Waals surface area contributed by atoms with E-state index in [2.05, 4.69) is 11.2 Å². The van der Waals surface area contributed by atoms with Gasteiger partial charge in [0.2, 0.25) is 0 Å². The lowest BCUT2D eigenvalue weighted by Gasteiger charge is -2.18. The predicted octanol–water partition coefficient (Wildman–Crippen LogP) is 1.22. The SMILES string of the molecule is C#CCN(CC(=O)O)C(=O)NCc1cccc(C)c1. The summed E-state index contributed by atoms with van der Waals surface area (Å²) in [6, 6.07) is 7.20. The number of carbonyl (C=O) groups excluding carboxylic acids is 1. The van der Waals surface area contributed by atoms with Crippen LogP contribution in [-0.2, 0) is 11.3 Å². The molecule has 0 spiro atoms. The number of urea groups is 1. The number of amides is 2. The average Bonchev–Trinajstić information content (AvgIpc) is 2.35. The maximum Gasteiger partial charge on any atom is 0.323 e. The van der Waals surface area contributed by atoms with Crippen molar-refractivity contribution in [3.8, 4) is 12.3 Å². The fraction of sp³-hybridized carbons (Fsp3) is 0.286. The van der Waals surface area contributed by atoms with E-state index in [4.69, 9.17) is 11.5 Å². The zero-order valence-corrected chi connectivity index (χ0v) is 10.7. The van der Waals surface area contributed by atoms with Crippen LogP contribution in [0.1, 0.15) is 11.1 Å². The van der Waals surface area contributed by atoms with Gasteiger partial charge in [0.1, 0.15) is 6.54 Å². The van der Waals surface area contributed by atoms with E-state index < -0.39 is 18.5 Å². The third-order valence-electron chi connectivity index (χ3n) is 2.42. The first-order valence-corrected chi connectivity index (χ1v) is 5.76. The number of carbonyl (C=O) groups is 2. The Morgan fingerprint density at radius 2 is 2.21 bits per heavy atom. The third kappa shape index (κ3) is 5.13. The monoisotopic (exact) mass is 260 g/mol. The van der Waals surface area contributed by atoms with Crippen LogP contribution in [0.2, 0.25) is 0 Å². The van der Waals surface area contributed by atoms with Gasteiger partial charge in [-0.2, -0.15) is 0 Å². The number of nitrogens with one attached hydrogen (secondary N) is 1. The second-order valence-corrected chi connectivity index (χ2v) is 4.10. The van der Waals surface area contributed by atoms with Crippen LogP contribution >= 0.6 is 0 Å². The second kappa shape index (κ2) is 7.07. The van der Waals surface area contributed by atoms with E-state index in [1.807, 2.05) is 31.2 Å². The average molecular weight is 260 g/mol. The normalized spacial score (nSPS) is 9.47. The first kappa shape index (κ1) is 14.6. The van der Waals surface area contributed by atoms with Crippen molar-refractivity contribution in [2.75, 3.05) is 13.1 Å². The van der Waals surface area contributed by atoms with Gasteiger partial charge in [-0.25, -0.2) is 4.79 Å². The minimum absolute atomic E-state index is 0.0358. The first-order chi connectivity index (χ1) is 9.02. The van der Waals surface area contributed by atoms with E-state index in [-0.39, 0.29) is 6.54 Å². The van der Waals surface area contributed by atoms with Crippen molar-refractivity contribution in [2.45, 2.75) is 13.5 Å². The zero-order chi connectivity index (χ0) is 14.3. The molecule has 2 N–H and O–H groups in total. The van der Waals surface area contributed by atoms with E-state index in [0.29, 0.717) is 6.54 Å². The van der Waals surface area contributed by atoms with E-state index >= 15 is 0 Å². The Balaban J connectivity index is 2.57. The Kier molecular flexibility index (Phi) is 5.42. The number of nitrogens with zero attached hydrogens (tertiary/aromatic N) is 1. The van der Waals surface area contributed by atoms with Crippen LogP contribution in [0.3, 0.4) is 0 Å². The minimum Gasteiger partial charge on any atom is -0.480 e. The quantitative estimate of drug-likeness (QED) is 0.782. The molecule has 1 rings (SSSR count). The highest BCUT2D eigenvalue weighted by molar-refractivity contribution is 5.80. The largest absolute Gasteiger partial charge is 0.480 e. The van der Waals surface area contributed by atoms with Gasteiger partial charge in [0.05, 0.1) is 6.54 Å². The molecular weight excluding hydrogens is 244 g/mol. The maximum absolute atomic E-state index is 11.8. The summed E-state index contributed by atoms with van der Waals surface area (Å²) in [7, 11) is 0. The number of carboxylic acids is 1. The predicted molar refractivity (Wildman–Crippen MR) is 71.5 cm³/mol. The molecule has 5 heteroatoms. The summed E-state index contributed by atoms with van der Waals surface area (Å²) in [5, 5.41) is 11.3. The van der Waals surface area contributed by atoms with Gasteiger partial charge in [0, 0.05) is 6.54 Å². The molecule has 0 aliphatic heterocycles.